The molecular weight excluding hydrogens is 218 g/mol. The molecule has 86 valence electrons. The van der Waals surface area contributed by atoms with Crippen molar-refractivity contribution in [3.63, 3.8) is 0 Å². The van der Waals surface area contributed by atoms with Crippen LogP contribution in [0.1, 0.15) is 12.0 Å². The number of thiophene rings is 1. The van der Waals surface area contributed by atoms with Gasteiger partial charge in [0.2, 0.25) is 0 Å². The zero-order valence-corrected chi connectivity index (χ0v) is 10.6. The summed E-state index contributed by atoms with van der Waals surface area (Å²) in [5.41, 5.74) is 1.46. The van der Waals surface area contributed by atoms with Crippen molar-refractivity contribution in [3.8, 4) is 5.75 Å². The molecule has 0 bridgehead atoms. The maximum absolute atomic E-state index is 5.23. The summed E-state index contributed by atoms with van der Waals surface area (Å²) in [6, 6.07) is 6.32. The number of hydrogen-bond donors (Lipinski definition) is 1. The van der Waals surface area contributed by atoms with Crippen LogP contribution in [0.15, 0.2) is 23.6 Å². The van der Waals surface area contributed by atoms with Gasteiger partial charge in [0, 0.05) is 4.70 Å². The van der Waals surface area contributed by atoms with Gasteiger partial charge >= 0.3 is 0 Å². The molecule has 0 aliphatic heterocycles. The van der Waals surface area contributed by atoms with E-state index in [-0.39, 0.29) is 0 Å². The van der Waals surface area contributed by atoms with E-state index in [9.17, 15) is 0 Å². The molecule has 0 radical (unpaired) electrons. The Morgan fingerprint density at radius 3 is 3.00 bits per heavy atom. The van der Waals surface area contributed by atoms with E-state index in [1.54, 1.807) is 18.4 Å². The topological polar surface area (TPSA) is 21.3 Å². The summed E-state index contributed by atoms with van der Waals surface area (Å²) in [6.45, 7) is 1.08. The van der Waals surface area contributed by atoms with Gasteiger partial charge in [-0.25, -0.2) is 0 Å². The van der Waals surface area contributed by atoms with Gasteiger partial charge in [0.25, 0.3) is 0 Å². The van der Waals surface area contributed by atoms with Crippen molar-refractivity contribution in [2.45, 2.75) is 12.8 Å². The summed E-state index contributed by atoms with van der Waals surface area (Å²) in [6.07, 6.45) is 2.33. The second-order valence-corrected chi connectivity index (χ2v) is 4.74. The Hall–Kier alpha value is -1.06. The van der Waals surface area contributed by atoms with E-state index in [1.165, 1.54) is 22.1 Å². The Balaban J connectivity index is 2.20. The van der Waals surface area contributed by atoms with Crippen LogP contribution >= 0.6 is 11.3 Å². The van der Waals surface area contributed by atoms with E-state index in [1.807, 2.05) is 13.1 Å². The summed E-state index contributed by atoms with van der Waals surface area (Å²) in [4.78, 5) is 0. The highest BCUT2D eigenvalue weighted by molar-refractivity contribution is 7.17. The van der Waals surface area contributed by atoms with Crippen LogP contribution in [0.5, 0.6) is 5.75 Å². The summed E-state index contributed by atoms with van der Waals surface area (Å²) >= 11 is 1.80. The van der Waals surface area contributed by atoms with Crippen molar-refractivity contribution in [1.82, 2.24) is 5.32 Å². The highest BCUT2D eigenvalue weighted by Crippen LogP contribution is 2.30. The minimum Gasteiger partial charge on any atom is -0.497 e. The third kappa shape index (κ3) is 2.36. The number of benzene rings is 1. The number of rotatable bonds is 5. The fraction of sp³-hybridized carbons (Fsp3) is 0.385. The van der Waals surface area contributed by atoms with Gasteiger partial charge in [-0.3, -0.25) is 0 Å². The van der Waals surface area contributed by atoms with Gasteiger partial charge in [0.1, 0.15) is 5.75 Å². The molecule has 0 aliphatic carbocycles. The first-order valence-electron chi connectivity index (χ1n) is 5.54. The van der Waals surface area contributed by atoms with Gasteiger partial charge in [-0.2, -0.15) is 0 Å². The highest BCUT2D eigenvalue weighted by Gasteiger charge is 2.04. The number of methoxy groups -OCH3 is 1. The van der Waals surface area contributed by atoms with Gasteiger partial charge in [-0.1, -0.05) is 0 Å². The van der Waals surface area contributed by atoms with Crippen molar-refractivity contribution in [2.24, 2.45) is 0 Å². The van der Waals surface area contributed by atoms with Gasteiger partial charge < -0.3 is 10.1 Å². The molecule has 0 aliphatic rings. The largest absolute Gasteiger partial charge is 0.497 e. The molecule has 0 saturated heterocycles. The van der Waals surface area contributed by atoms with Crippen molar-refractivity contribution in [2.75, 3.05) is 20.7 Å². The standard InChI is InChI=1S/C13H17NOS/c1-14-7-3-4-10-9-16-13-8-11(15-2)5-6-12(10)13/h5-6,8-9,14H,3-4,7H2,1-2H3. The Bertz CT molecular complexity index is 464. The van der Waals surface area contributed by atoms with E-state index in [0.29, 0.717) is 0 Å². The van der Waals surface area contributed by atoms with Crippen LogP contribution in [-0.4, -0.2) is 20.7 Å². The second-order valence-electron chi connectivity index (χ2n) is 3.83. The lowest BCUT2D eigenvalue weighted by Crippen LogP contribution is -2.08. The maximum atomic E-state index is 5.23. The summed E-state index contributed by atoms with van der Waals surface area (Å²) < 4.78 is 6.55. The Morgan fingerprint density at radius 2 is 2.25 bits per heavy atom. The summed E-state index contributed by atoms with van der Waals surface area (Å²) in [5, 5.41) is 6.82. The number of fused-ring (bicyclic) bond motifs is 1. The zero-order valence-electron chi connectivity index (χ0n) is 9.75. The van der Waals surface area contributed by atoms with Crippen LogP contribution in [0.4, 0.5) is 0 Å². The average molecular weight is 235 g/mol. The molecule has 1 N–H and O–H groups in total. The molecule has 1 aromatic carbocycles. The molecule has 0 fully saturated rings. The minimum absolute atomic E-state index is 0.941. The smallest absolute Gasteiger partial charge is 0.120 e. The van der Waals surface area contributed by atoms with E-state index >= 15 is 0 Å². The second kappa shape index (κ2) is 5.32. The number of hydrogen-bond acceptors (Lipinski definition) is 3. The normalized spacial score (nSPS) is 10.9. The molecule has 0 saturated carbocycles. The molecule has 2 nitrogen and oxygen atoms in total. The molecule has 16 heavy (non-hydrogen) atoms. The van der Waals surface area contributed by atoms with Crippen LogP contribution in [0, 0.1) is 0 Å². The van der Waals surface area contributed by atoms with E-state index in [2.05, 4.69) is 22.8 Å². The minimum atomic E-state index is 0.941. The van der Waals surface area contributed by atoms with Gasteiger partial charge in [-0.15, -0.1) is 11.3 Å². The van der Waals surface area contributed by atoms with E-state index in [4.69, 9.17) is 4.74 Å². The SMILES string of the molecule is CNCCCc1csc2cc(OC)ccc12. The molecule has 1 heterocycles. The molecule has 3 heteroatoms. The van der Waals surface area contributed by atoms with Crippen LogP contribution in [-0.2, 0) is 6.42 Å². The Labute approximate surface area is 100 Å². The summed E-state index contributed by atoms with van der Waals surface area (Å²) in [7, 11) is 3.71. The quantitative estimate of drug-likeness (QED) is 0.804. The molecule has 0 amide bonds. The molecule has 0 spiro atoms. The van der Waals surface area contributed by atoms with Crippen molar-refractivity contribution >= 4 is 21.4 Å². The number of aryl methyl sites for hydroxylation is 1. The van der Waals surface area contributed by atoms with Crippen LogP contribution in [0.3, 0.4) is 0 Å². The zero-order chi connectivity index (χ0) is 11.4. The predicted molar refractivity (Wildman–Crippen MR) is 70.6 cm³/mol. The summed E-state index contributed by atoms with van der Waals surface area (Å²) in [5.74, 6) is 0.941. The first-order chi connectivity index (χ1) is 7.85. The van der Waals surface area contributed by atoms with Crippen LogP contribution in [0.25, 0.3) is 10.1 Å². The van der Waals surface area contributed by atoms with Crippen molar-refractivity contribution < 1.29 is 4.74 Å². The average Bonchev–Trinajstić information content (AvgIpc) is 2.72. The number of nitrogens with one attached hydrogen (secondary N) is 1. The molecule has 2 aromatic rings. The highest BCUT2D eigenvalue weighted by atomic mass is 32.1. The van der Waals surface area contributed by atoms with E-state index < -0.39 is 0 Å². The molecule has 1 aromatic heterocycles. The van der Waals surface area contributed by atoms with Crippen LogP contribution in [0.2, 0.25) is 0 Å². The molecule has 2 rings (SSSR count). The predicted octanol–water partition coefficient (Wildman–Crippen LogP) is 3.06. The molecule has 0 atom stereocenters. The van der Waals surface area contributed by atoms with Gasteiger partial charge in [0.15, 0.2) is 0 Å². The van der Waals surface area contributed by atoms with Crippen molar-refractivity contribution in [3.05, 3.63) is 29.1 Å². The lowest BCUT2D eigenvalue weighted by Gasteiger charge is -2.01. The Kier molecular flexibility index (Phi) is 3.80. The molecule has 0 unspecified atom stereocenters. The van der Waals surface area contributed by atoms with Gasteiger partial charge in [0.05, 0.1) is 7.11 Å². The third-order valence-corrected chi connectivity index (χ3v) is 3.73. The maximum Gasteiger partial charge on any atom is 0.120 e. The van der Waals surface area contributed by atoms with Crippen LogP contribution < -0.4 is 10.1 Å². The third-order valence-electron chi connectivity index (χ3n) is 2.74. The fourth-order valence-corrected chi connectivity index (χ4v) is 2.86. The monoisotopic (exact) mass is 235 g/mol. The first-order valence-corrected chi connectivity index (χ1v) is 6.42. The van der Waals surface area contributed by atoms with Crippen molar-refractivity contribution in [1.29, 1.82) is 0 Å². The fourth-order valence-electron chi connectivity index (χ4n) is 1.84. The lowest BCUT2D eigenvalue weighted by atomic mass is 10.1. The number of ether oxygens (including phenoxy) is 1. The molecular formula is C13H17NOS. The first kappa shape index (κ1) is 11.4. The van der Waals surface area contributed by atoms with E-state index in [0.717, 1.165) is 18.7 Å². The lowest BCUT2D eigenvalue weighted by molar-refractivity contribution is 0.415. The Morgan fingerprint density at radius 1 is 1.38 bits per heavy atom. The van der Waals surface area contributed by atoms with Gasteiger partial charge in [-0.05, 0) is 61.0 Å².